The molecule has 2 heterocycles. The first kappa shape index (κ1) is 14.1. The van der Waals surface area contributed by atoms with E-state index in [2.05, 4.69) is 48.2 Å². The fourth-order valence-electron chi connectivity index (χ4n) is 2.56. The predicted octanol–water partition coefficient (Wildman–Crippen LogP) is 1.55. The Morgan fingerprint density at radius 2 is 2.05 bits per heavy atom. The first-order valence-electron chi connectivity index (χ1n) is 6.76. The molecular weight excluding hydrogens is 332 g/mol. The number of hydrogen-bond acceptors (Lipinski definition) is 6. The normalized spacial score (nSPS) is 18.7. The van der Waals surface area contributed by atoms with E-state index in [-0.39, 0.29) is 12.0 Å². The Hall–Kier alpha value is -1.86. The molecule has 21 heavy (non-hydrogen) atoms. The Labute approximate surface area is 131 Å². The van der Waals surface area contributed by atoms with Crippen molar-refractivity contribution in [3.05, 3.63) is 40.4 Å². The van der Waals surface area contributed by atoms with Crippen LogP contribution in [0.1, 0.15) is 11.6 Å². The zero-order chi connectivity index (χ0) is 14.8. The lowest BCUT2D eigenvalue weighted by Crippen LogP contribution is -2.46. The average Bonchev–Trinajstić information content (AvgIpc) is 2.47. The first-order valence-corrected chi connectivity index (χ1v) is 7.55. The van der Waals surface area contributed by atoms with Crippen LogP contribution in [0.3, 0.4) is 0 Å². The third-order valence-corrected chi connectivity index (χ3v) is 4.25. The summed E-state index contributed by atoms with van der Waals surface area (Å²) >= 11 is 3.61. The highest BCUT2D eigenvalue weighted by molar-refractivity contribution is 9.10. The maximum absolute atomic E-state index is 5.76. The molecule has 0 spiro atoms. The van der Waals surface area contributed by atoms with E-state index in [1.54, 1.807) is 6.07 Å². The number of halogens is 1. The Morgan fingerprint density at radius 1 is 1.24 bits per heavy atom. The van der Waals surface area contributed by atoms with Crippen molar-refractivity contribution in [2.24, 2.45) is 0 Å². The maximum Gasteiger partial charge on any atom is 0.223 e. The van der Waals surface area contributed by atoms with E-state index in [0.29, 0.717) is 5.82 Å². The minimum atomic E-state index is 0.209. The molecule has 3 rings (SSSR count). The molecule has 6 nitrogen and oxygen atoms in total. The molecule has 110 valence electrons. The summed E-state index contributed by atoms with van der Waals surface area (Å²) in [5, 5.41) is 3.53. The highest BCUT2D eigenvalue weighted by Gasteiger charge is 2.23. The molecule has 5 N–H and O–H groups in total. The molecule has 7 heteroatoms. The second kappa shape index (κ2) is 5.87. The summed E-state index contributed by atoms with van der Waals surface area (Å²) in [7, 11) is 0. The summed E-state index contributed by atoms with van der Waals surface area (Å²) in [6, 6.07) is 10.2. The van der Waals surface area contributed by atoms with Gasteiger partial charge in [0.2, 0.25) is 5.95 Å². The Kier molecular flexibility index (Phi) is 3.94. The second-order valence-electron chi connectivity index (χ2n) is 4.98. The topological polar surface area (TPSA) is 93.1 Å². The first-order chi connectivity index (χ1) is 10.1. The number of nitrogens with two attached hydrogens (primary N) is 2. The monoisotopic (exact) mass is 348 g/mol. The van der Waals surface area contributed by atoms with Crippen LogP contribution in [-0.2, 0) is 0 Å². The molecular formula is C14H17BrN6. The van der Waals surface area contributed by atoms with Crippen molar-refractivity contribution in [1.82, 2.24) is 15.3 Å². The number of anilines is 3. The molecule has 2 aromatic rings. The molecule has 0 radical (unpaired) electrons. The number of rotatable bonds is 2. The third kappa shape index (κ3) is 3.08. The van der Waals surface area contributed by atoms with E-state index in [9.17, 15) is 0 Å². The van der Waals surface area contributed by atoms with Gasteiger partial charge in [0.1, 0.15) is 11.6 Å². The highest BCUT2D eigenvalue weighted by atomic mass is 79.9. The molecule has 1 aromatic heterocycles. The van der Waals surface area contributed by atoms with Gasteiger partial charge in [0.05, 0.1) is 6.04 Å². The summed E-state index contributed by atoms with van der Waals surface area (Å²) in [5.74, 6) is 1.38. The molecule has 1 saturated heterocycles. The predicted molar refractivity (Wildman–Crippen MR) is 88.0 cm³/mol. The van der Waals surface area contributed by atoms with Crippen molar-refractivity contribution in [1.29, 1.82) is 0 Å². The summed E-state index contributed by atoms with van der Waals surface area (Å²) in [5.41, 5.74) is 12.7. The number of nitrogen functional groups attached to an aromatic ring is 2. The molecule has 0 bridgehead atoms. The number of nitrogens with one attached hydrogen (secondary N) is 1. The van der Waals surface area contributed by atoms with Gasteiger partial charge in [-0.05, 0) is 11.6 Å². The van der Waals surface area contributed by atoms with Crippen LogP contribution in [0.15, 0.2) is 34.8 Å². The van der Waals surface area contributed by atoms with Crippen LogP contribution in [0.5, 0.6) is 0 Å². The van der Waals surface area contributed by atoms with Gasteiger partial charge in [-0.3, -0.25) is 0 Å². The van der Waals surface area contributed by atoms with Crippen molar-refractivity contribution in [2.45, 2.75) is 6.04 Å². The van der Waals surface area contributed by atoms with Crippen LogP contribution in [0.4, 0.5) is 17.6 Å². The minimum absolute atomic E-state index is 0.209. The van der Waals surface area contributed by atoms with Gasteiger partial charge in [0.15, 0.2) is 0 Å². The molecule has 1 aliphatic rings. The van der Waals surface area contributed by atoms with Crippen molar-refractivity contribution in [3.63, 3.8) is 0 Å². The van der Waals surface area contributed by atoms with Crippen LogP contribution >= 0.6 is 15.9 Å². The van der Waals surface area contributed by atoms with Crippen LogP contribution in [-0.4, -0.2) is 29.6 Å². The fraction of sp³-hybridized carbons (Fsp3) is 0.286. The molecule has 1 aliphatic heterocycles. The summed E-state index contributed by atoms with van der Waals surface area (Å²) in [4.78, 5) is 10.4. The van der Waals surface area contributed by atoms with E-state index < -0.39 is 0 Å². The van der Waals surface area contributed by atoms with Gasteiger partial charge in [-0.2, -0.15) is 9.97 Å². The summed E-state index contributed by atoms with van der Waals surface area (Å²) in [6.45, 7) is 2.53. The van der Waals surface area contributed by atoms with Crippen LogP contribution in [0.25, 0.3) is 0 Å². The molecule has 0 saturated carbocycles. The summed E-state index contributed by atoms with van der Waals surface area (Å²) < 4.78 is 1.10. The van der Waals surface area contributed by atoms with E-state index in [1.807, 2.05) is 12.1 Å². The molecule has 0 amide bonds. The SMILES string of the molecule is Nc1cc(N2CCNC(c3ccccc3Br)C2)nc(N)n1. The van der Waals surface area contributed by atoms with Gasteiger partial charge >= 0.3 is 0 Å². The molecule has 1 fully saturated rings. The lowest BCUT2D eigenvalue weighted by Gasteiger charge is -2.35. The average molecular weight is 349 g/mol. The molecule has 1 unspecified atom stereocenters. The van der Waals surface area contributed by atoms with Gasteiger partial charge in [-0.25, -0.2) is 0 Å². The Balaban J connectivity index is 1.84. The quantitative estimate of drug-likeness (QED) is 0.762. The zero-order valence-corrected chi connectivity index (χ0v) is 13.0. The second-order valence-corrected chi connectivity index (χ2v) is 5.84. The Bertz CT molecular complexity index is 627. The van der Waals surface area contributed by atoms with Crippen molar-refractivity contribution in [2.75, 3.05) is 36.0 Å². The van der Waals surface area contributed by atoms with Gasteiger partial charge in [0, 0.05) is 30.2 Å². The number of nitrogens with zero attached hydrogens (tertiary/aromatic N) is 3. The third-order valence-electron chi connectivity index (χ3n) is 3.53. The van der Waals surface area contributed by atoms with Crippen molar-refractivity contribution in [3.8, 4) is 0 Å². The maximum atomic E-state index is 5.76. The van der Waals surface area contributed by atoms with Crippen LogP contribution < -0.4 is 21.7 Å². The smallest absolute Gasteiger partial charge is 0.223 e. The molecule has 1 aromatic carbocycles. The lowest BCUT2D eigenvalue weighted by molar-refractivity contribution is 0.468. The van der Waals surface area contributed by atoms with Crippen LogP contribution in [0.2, 0.25) is 0 Å². The van der Waals surface area contributed by atoms with E-state index in [1.165, 1.54) is 5.56 Å². The minimum Gasteiger partial charge on any atom is -0.383 e. The van der Waals surface area contributed by atoms with Gasteiger partial charge in [0.25, 0.3) is 0 Å². The summed E-state index contributed by atoms with van der Waals surface area (Å²) in [6.07, 6.45) is 0. The Morgan fingerprint density at radius 3 is 2.81 bits per heavy atom. The fourth-order valence-corrected chi connectivity index (χ4v) is 3.12. The van der Waals surface area contributed by atoms with Gasteiger partial charge < -0.3 is 21.7 Å². The number of hydrogen-bond donors (Lipinski definition) is 3. The van der Waals surface area contributed by atoms with E-state index in [0.717, 1.165) is 29.9 Å². The lowest BCUT2D eigenvalue weighted by atomic mass is 10.0. The van der Waals surface area contributed by atoms with Crippen molar-refractivity contribution >= 4 is 33.5 Å². The van der Waals surface area contributed by atoms with E-state index in [4.69, 9.17) is 11.5 Å². The largest absolute Gasteiger partial charge is 0.383 e. The van der Waals surface area contributed by atoms with Gasteiger partial charge in [-0.1, -0.05) is 34.1 Å². The molecule has 1 atom stereocenters. The zero-order valence-electron chi connectivity index (χ0n) is 11.5. The highest BCUT2D eigenvalue weighted by Crippen LogP contribution is 2.27. The van der Waals surface area contributed by atoms with Gasteiger partial charge in [-0.15, -0.1) is 0 Å². The number of benzene rings is 1. The number of aromatic nitrogens is 2. The van der Waals surface area contributed by atoms with Crippen LogP contribution in [0, 0.1) is 0 Å². The van der Waals surface area contributed by atoms with E-state index >= 15 is 0 Å². The molecule has 0 aliphatic carbocycles. The van der Waals surface area contributed by atoms with Crippen molar-refractivity contribution < 1.29 is 0 Å². The number of piperazine rings is 1. The standard InChI is InChI=1S/C14H17BrN6/c15-10-4-2-1-3-9(10)11-8-21(6-5-18-11)13-7-12(16)19-14(17)20-13/h1-4,7,11,18H,5-6,8H2,(H4,16,17,19,20).